The molecule has 35 heavy (non-hydrogen) atoms. The second kappa shape index (κ2) is 17.3. The van der Waals surface area contributed by atoms with Gasteiger partial charge in [-0.3, -0.25) is 4.99 Å². The normalized spacial score (nSPS) is 16.3. The number of piperidine rings is 1. The van der Waals surface area contributed by atoms with Gasteiger partial charge in [-0.1, -0.05) is 74.7 Å². The Labute approximate surface area is 214 Å². The first-order valence-electron chi connectivity index (χ1n) is 12.5. The van der Waals surface area contributed by atoms with Crippen LogP contribution in [0.1, 0.15) is 51.2 Å². The number of hydrogen-bond donors (Lipinski definition) is 2. The van der Waals surface area contributed by atoms with E-state index in [-0.39, 0.29) is 0 Å². The molecule has 0 bridgehead atoms. The van der Waals surface area contributed by atoms with E-state index in [0.717, 1.165) is 29.2 Å². The number of rotatable bonds is 7. The van der Waals surface area contributed by atoms with E-state index >= 15 is 0 Å². The predicted molar refractivity (Wildman–Crippen MR) is 158 cm³/mol. The minimum atomic E-state index is 0.888. The summed E-state index contributed by atoms with van der Waals surface area (Å²) in [7, 11) is 1.91. The van der Waals surface area contributed by atoms with Gasteiger partial charge in [-0.25, -0.2) is 0 Å². The monoisotopic (exact) mass is 471 g/mol. The molecule has 1 saturated heterocycles. The smallest absolute Gasteiger partial charge is 0.0305 e. The van der Waals surface area contributed by atoms with Gasteiger partial charge in [0.05, 0.1) is 0 Å². The molecule has 0 atom stereocenters. The van der Waals surface area contributed by atoms with Crippen molar-refractivity contribution < 1.29 is 0 Å². The van der Waals surface area contributed by atoms with E-state index in [4.69, 9.17) is 0 Å². The summed E-state index contributed by atoms with van der Waals surface area (Å²) in [5.41, 5.74) is 7.93. The summed E-state index contributed by atoms with van der Waals surface area (Å²) in [4.78, 5) is 4.16. The highest BCUT2D eigenvalue weighted by atomic mass is 14.9. The van der Waals surface area contributed by atoms with Crippen molar-refractivity contribution in [1.82, 2.24) is 10.6 Å². The van der Waals surface area contributed by atoms with Crippen LogP contribution in [0.5, 0.6) is 0 Å². The van der Waals surface area contributed by atoms with Gasteiger partial charge in [-0.15, -0.1) is 0 Å². The maximum atomic E-state index is 4.16. The fourth-order valence-electron chi connectivity index (χ4n) is 3.48. The van der Waals surface area contributed by atoms with E-state index < -0.39 is 0 Å². The molecule has 3 nitrogen and oxygen atoms in total. The Kier molecular flexibility index (Phi) is 14.8. The van der Waals surface area contributed by atoms with Crippen LogP contribution in [-0.2, 0) is 0 Å². The number of nitrogens with zero attached hydrogens (tertiary/aromatic N) is 1. The lowest BCUT2D eigenvalue weighted by Crippen LogP contribution is -2.26. The van der Waals surface area contributed by atoms with Crippen molar-refractivity contribution >= 4 is 12.3 Å². The maximum Gasteiger partial charge on any atom is 0.0305 e. The van der Waals surface area contributed by atoms with Crippen molar-refractivity contribution in [3.8, 4) is 0 Å². The van der Waals surface area contributed by atoms with Crippen LogP contribution in [0.15, 0.2) is 107 Å². The zero-order valence-electron chi connectivity index (χ0n) is 22.5. The highest BCUT2D eigenvalue weighted by molar-refractivity contribution is 5.70. The Morgan fingerprint density at radius 2 is 1.89 bits per heavy atom. The third-order valence-corrected chi connectivity index (χ3v) is 5.93. The minimum Gasteiger partial charge on any atom is -0.392 e. The summed E-state index contributed by atoms with van der Waals surface area (Å²) in [5.74, 6) is 0.973. The van der Waals surface area contributed by atoms with Crippen molar-refractivity contribution in [2.45, 2.75) is 47.0 Å². The number of allylic oxidation sites excluding steroid dienone is 9. The lowest BCUT2D eigenvalue weighted by atomic mass is 9.98. The van der Waals surface area contributed by atoms with Gasteiger partial charge in [0, 0.05) is 31.6 Å². The fraction of sp³-hybridized carbons (Fsp3) is 0.344. The molecule has 0 radical (unpaired) electrons. The van der Waals surface area contributed by atoms with Gasteiger partial charge in [0.15, 0.2) is 0 Å². The van der Waals surface area contributed by atoms with Crippen LogP contribution in [-0.4, -0.2) is 26.4 Å². The van der Waals surface area contributed by atoms with Crippen LogP contribution < -0.4 is 10.6 Å². The molecule has 188 valence electrons. The molecule has 2 aliphatic rings. The van der Waals surface area contributed by atoms with E-state index in [1.807, 2.05) is 51.5 Å². The molecule has 0 aromatic heterocycles. The van der Waals surface area contributed by atoms with Gasteiger partial charge in [0.25, 0.3) is 0 Å². The SMILES string of the molecule is C=CC(=C)C(=C\C(=C/C)C1=CN=CC1)/C=C(\C)NC.C=Cc1cccc(C)c1.CC1CCNCC1. The van der Waals surface area contributed by atoms with Crippen LogP contribution in [0, 0.1) is 12.8 Å². The lowest BCUT2D eigenvalue weighted by molar-refractivity contribution is 0.402. The number of aryl methyl sites for hydroxylation is 1. The van der Waals surface area contributed by atoms with Crippen LogP contribution in [0.4, 0.5) is 0 Å². The molecule has 3 rings (SSSR count). The summed E-state index contributed by atoms with van der Waals surface area (Å²) in [6, 6.07) is 8.26. The molecule has 2 aliphatic heterocycles. The second-order valence-electron chi connectivity index (χ2n) is 8.89. The van der Waals surface area contributed by atoms with Gasteiger partial charge >= 0.3 is 0 Å². The highest BCUT2D eigenvalue weighted by Crippen LogP contribution is 2.23. The molecule has 1 aromatic carbocycles. The first-order valence-corrected chi connectivity index (χ1v) is 12.5. The molecule has 1 fully saturated rings. The molecule has 2 N–H and O–H groups in total. The van der Waals surface area contributed by atoms with Crippen LogP contribution in [0.25, 0.3) is 6.08 Å². The number of nitrogens with one attached hydrogen (secondary N) is 2. The van der Waals surface area contributed by atoms with Gasteiger partial charge in [-0.05, 0) is 92.6 Å². The maximum absolute atomic E-state index is 4.16. The van der Waals surface area contributed by atoms with Crippen LogP contribution >= 0.6 is 0 Å². The van der Waals surface area contributed by atoms with Gasteiger partial charge < -0.3 is 10.6 Å². The van der Waals surface area contributed by atoms with Crippen molar-refractivity contribution in [1.29, 1.82) is 0 Å². The standard InChI is InChI=1S/C17H22N2.C9H10.C6H13N/c1-6-13(3)17(10-14(4)18-5)11-15(7-2)16-8-9-19-12-16;1-3-9-6-4-5-8(2)7-9;1-6-2-4-7-5-3-6/h6-7,9-12,18H,1,3,8H2,2,4-5H3;3-7H,1H2,2H3;6-7H,2-5H2,1H3/b14-10+,15-7+,17-11-;;. The van der Waals surface area contributed by atoms with E-state index in [0.29, 0.717) is 0 Å². The molecule has 0 aliphatic carbocycles. The minimum absolute atomic E-state index is 0.888. The van der Waals surface area contributed by atoms with E-state index in [9.17, 15) is 0 Å². The fourth-order valence-corrected chi connectivity index (χ4v) is 3.48. The molecule has 0 spiro atoms. The lowest BCUT2D eigenvalue weighted by Gasteiger charge is -2.17. The number of aliphatic imine (C=N–C) groups is 1. The quantitative estimate of drug-likeness (QED) is 0.399. The van der Waals surface area contributed by atoms with Crippen molar-refractivity contribution in [2.24, 2.45) is 10.9 Å². The zero-order valence-corrected chi connectivity index (χ0v) is 22.5. The Morgan fingerprint density at radius 3 is 2.31 bits per heavy atom. The molecule has 3 heteroatoms. The number of hydrogen-bond acceptors (Lipinski definition) is 3. The average molecular weight is 472 g/mol. The van der Waals surface area contributed by atoms with Crippen LogP contribution in [0.2, 0.25) is 0 Å². The third-order valence-electron chi connectivity index (χ3n) is 5.93. The summed E-state index contributed by atoms with van der Waals surface area (Å²) in [5, 5.41) is 6.44. The molecule has 0 unspecified atom stereocenters. The Bertz CT molecular complexity index is 980. The molecular formula is C32H45N3. The van der Waals surface area contributed by atoms with Crippen molar-refractivity contribution in [3.05, 3.63) is 114 Å². The van der Waals surface area contributed by atoms with Gasteiger partial charge in [0.1, 0.15) is 0 Å². The highest BCUT2D eigenvalue weighted by Gasteiger charge is 2.07. The Hall–Kier alpha value is -3.17. The second-order valence-corrected chi connectivity index (χ2v) is 8.89. The average Bonchev–Trinajstić information content (AvgIpc) is 3.42. The number of benzene rings is 1. The largest absolute Gasteiger partial charge is 0.392 e. The zero-order chi connectivity index (χ0) is 26.1. The first-order chi connectivity index (χ1) is 16.8. The van der Waals surface area contributed by atoms with Crippen molar-refractivity contribution in [2.75, 3.05) is 20.1 Å². The molecule has 0 saturated carbocycles. The van der Waals surface area contributed by atoms with E-state index in [2.05, 4.69) is 79.6 Å². The molecule has 2 heterocycles. The summed E-state index contributed by atoms with van der Waals surface area (Å²) in [6.45, 7) is 22.4. The Morgan fingerprint density at radius 1 is 1.17 bits per heavy atom. The van der Waals surface area contributed by atoms with Gasteiger partial charge in [-0.2, -0.15) is 0 Å². The third kappa shape index (κ3) is 12.2. The van der Waals surface area contributed by atoms with E-state index in [1.165, 1.54) is 48.2 Å². The Balaban J connectivity index is 0.000000312. The van der Waals surface area contributed by atoms with Crippen LogP contribution in [0.3, 0.4) is 0 Å². The summed E-state index contributed by atoms with van der Waals surface area (Å²) >= 11 is 0. The first kappa shape index (κ1) is 29.9. The molecule has 1 aromatic rings. The van der Waals surface area contributed by atoms with E-state index in [1.54, 1.807) is 6.08 Å². The predicted octanol–water partition coefficient (Wildman–Crippen LogP) is 7.73. The van der Waals surface area contributed by atoms with Gasteiger partial charge in [0.2, 0.25) is 0 Å². The topological polar surface area (TPSA) is 36.4 Å². The summed E-state index contributed by atoms with van der Waals surface area (Å²) in [6.07, 6.45) is 17.4. The summed E-state index contributed by atoms with van der Waals surface area (Å²) < 4.78 is 0. The molecular weight excluding hydrogens is 426 g/mol. The molecule has 0 amide bonds. The van der Waals surface area contributed by atoms with Crippen molar-refractivity contribution in [3.63, 3.8) is 0 Å².